The van der Waals surface area contributed by atoms with E-state index in [4.69, 9.17) is 10.4 Å². The topological polar surface area (TPSA) is 81.2 Å². The van der Waals surface area contributed by atoms with Crippen molar-refractivity contribution in [3.05, 3.63) is 23.1 Å². The van der Waals surface area contributed by atoms with Crippen molar-refractivity contribution < 1.29 is 9.32 Å². The molecule has 1 rings (SSSR count). The summed E-state index contributed by atoms with van der Waals surface area (Å²) in [4.78, 5) is 10.8. The van der Waals surface area contributed by atoms with Crippen molar-refractivity contribution in [1.29, 1.82) is 0 Å². The SMILES string of the molecule is Cc1noc(C)c1/C=C/C(=O)NN. The van der Waals surface area contributed by atoms with Gasteiger partial charge < -0.3 is 4.52 Å². The Labute approximate surface area is 75.6 Å². The van der Waals surface area contributed by atoms with Crippen molar-refractivity contribution in [2.75, 3.05) is 0 Å². The van der Waals surface area contributed by atoms with Gasteiger partial charge in [0, 0.05) is 11.6 Å². The van der Waals surface area contributed by atoms with E-state index >= 15 is 0 Å². The van der Waals surface area contributed by atoms with E-state index in [1.54, 1.807) is 19.9 Å². The number of carbonyl (C=O) groups excluding carboxylic acids is 1. The van der Waals surface area contributed by atoms with Gasteiger partial charge in [0.25, 0.3) is 5.91 Å². The summed E-state index contributed by atoms with van der Waals surface area (Å²) >= 11 is 0. The number of aromatic nitrogens is 1. The summed E-state index contributed by atoms with van der Waals surface area (Å²) in [5, 5.41) is 3.73. The quantitative estimate of drug-likeness (QED) is 0.297. The van der Waals surface area contributed by atoms with Gasteiger partial charge in [-0.05, 0) is 19.9 Å². The summed E-state index contributed by atoms with van der Waals surface area (Å²) in [5.41, 5.74) is 3.55. The van der Waals surface area contributed by atoms with Crippen molar-refractivity contribution in [2.45, 2.75) is 13.8 Å². The molecule has 0 fully saturated rings. The van der Waals surface area contributed by atoms with E-state index in [9.17, 15) is 4.79 Å². The number of nitrogens with one attached hydrogen (secondary N) is 1. The molecule has 0 radical (unpaired) electrons. The largest absolute Gasteiger partial charge is 0.361 e. The van der Waals surface area contributed by atoms with Crippen molar-refractivity contribution in [1.82, 2.24) is 10.6 Å². The van der Waals surface area contributed by atoms with Crippen LogP contribution in [-0.4, -0.2) is 11.1 Å². The predicted molar refractivity (Wildman–Crippen MR) is 47.3 cm³/mol. The highest BCUT2D eigenvalue weighted by Gasteiger charge is 2.04. The Morgan fingerprint density at radius 3 is 2.77 bits per heavy atom. The smallest absolute Gasteiger partial charge is 0.257 e. The molecule has 70 valence electrons. The second-order valence-electron chi connectivity index (χ2n) is 2.58. The van der Waals surface area contributed by atoms with Crippen molar-refractivity contribution in [3.8, 4) is 0 Å². The lowest BCUT2D eigenvalue weighted by molar-refractivity contribution is -0.116. The van der Waals surface area contributed by atoms with Crippen LogP contribution in [0.5, 0.6) is 0 Å². The van der Waals surface area contributed by atoms with Crippen LogP contribution in [0.25, 0.3) is 6.08 Å². The number of hydrogen-bond acceptors (Lipinski definition) is 4. The first-order chi connectivity index (χ1) is 6.15. The predicted octanol–water partition coefficient (Wildman–Crippen LogP) is 0.295. The van der Waals surface area contributed by atoms with Gasteiger partial charge in [-0.15, -0.1) is 0 Å². The van der Waals surface area contributed by atoms with E-state index in [1.165, 1.54) is 6.08 Å². The summed E-state index contributed by atoms with van der Waals surface area (Å²) in [5.74, 6) is 5.22. The van der Waals surface area contributed by atoms with Crippen LogP contribution < -0.4 is 11.3 Å². The number of amides is 1. The monoisotopic (exact) mass is 181 g/mol. The third-order valence-corrected chi connectivity index (χ3v) is 1.63. The van der Waals surface area contributed by atoms with Gasteiger partial charge in [-0.1, -0.05) is 5.16 Å². The summed E-state index contributed by atoms with van der Waals surface area (Å²) in [6.07, 6.45) is 2.94. The summed E-state index contributed by atoms with van der Waals surface area (Å²) < 4.78 is 4.90. The van der Waals surface area contributed by atoms with Crippen LogP contribution in [0.3, 0.4) is 0 Å². The molecule has 5 heteroatoms. The van der Waals surface area contributed by atoms with Crippen molar-refractivity contribution >= 4 is 12.0 Å². The molecule has 0 saturated heterocycles. The summed E-state index contributed by atoms with van der Waals surface area (Å²) in [6, 6.07) is 0. The van der Waals surface area contributed by atoms with Crippen molar-refractivity contribution in [2.24, 2.45) is 5.84 Å². The average molecular weight is 181 g/mol. The Hall–Kier alpha value is -1.62. The molecule has 3 N–H and O–H groups in total. The van der Waals surface area contributed by atoms with E-state index in [0.717, 1.165) is 11.3 Å². The number of nitrogens with zero attached hydrogens (tertiary/aromatic N) is 1. The zero-order valence-electron chi connectivity index (χ0n) is 7.50. The van der Waals surface area contributed by atoms with E-state index in [0.29, 0.717) is 5.76 Å². The summed E-state index contributed by atoms with van der Waals surface area (Å²) in [7, 11) is 0. The lowest BCUT2D eigenvalue weighted by Crippen LogP contribution is -2.27. The number of hydrazine groups is 1. The Morgan fingerprint density at radius 1 is 1.62 bits per heavy atom. The maximum atomic E-state index is 10.8. The third kappa shape index (κ3) is 2.16. The maximum absolute atomic E-state index is 10.8. The van der Waals surface area contributed by atoms with Gasteiger partial charge in [-0.3, -0.25) is 10.2 Å². The van der Waals surface area contributed by atoms with Gasteiger partial charge in [0.15, 0.2) is 0 Å². The Balaban J connectivity index is 2.85. The Kier molecular flexibility index (Phi) is 2.81. The van der Waals surface area contributed by atoms with Gasteiger partial charge in [0.05, 0.1) is 5.69 Å². The lowest BCUT2D eigenvalue weighted by atomic mass is 10.2. The molecule has 13 heavy (non-hydrogen) atoms. The fourth-order valence-corrected chi connectivity index (χ4v) is 0.935. The molecule has 5 nitrogen and oxygen atoms in total. The third-order valence-electron chi connectivity index (χ3n) is 1.63. The van der Waals surface area contributed by atoms with Crippen LogP contribution in [0, 0.1) is 13.8 Å². The number of rotatable bonds is 2. The van der Waals surface area contributed by atoms with Crippen LogP contribution in [-0.2, 0) is 4.79 Å². The molecule has 0 aliphatic heterocycles. The Morgan fingerprint density at radius 2 is 2.31 bits per heavy atom. The second kappa shape index (κ2) is 3.86. The van der Waals surface area contributed by atoms with Crippen LogP contribution in [0.2, 0.25) is 0 Å². The average Bonchev–Trinajstić information content (AvgIpc) is 2.43. The number of hydrogen-bond donors (Lipinski definition) is 2. The van der Waals surface area contributed by atoms with Gasteiger partial charge in [-0.25, -0.2) is 5.84 Å². The molecular formula is C8H11N3O2. The van der Waals surface area contributed by atoms with Gasteiger partial charge in [0.2, 0.25) is 0 Å². The van der Waals surface area contributed by atoms with Gasteiger partial charge in [-0.2, -0.15) is 0 Å². The number of nitrogens with two attached hydrogens (primary N) is 1. The normalized spacial score (nSPS) is 10.7. The molecule has 1 aromatic rings. The highest BCUT2D eigenvalue weighted by Crippen LogP contribution is 2.13. The molecule has 1 aromatic heterocycles. The Bertz CT molecular complexity index is 322. The van der Waals surface area contributed by atoms with Gasteiger partial charge in [0.1, 0.15) is 5.76 Å². The van der Waals surface area contributed by atoms with Crippen LogP contribution >= 0.6 is 0 Å². The molecule has 0 aliphatic rings. The molecule has 0 aliphatic carbocycles. The zero-order chi connectivity index (χ0) is 9.84. The number of aryl methyl sites for hydroxylation is 2. The molecule has 0 aromatic carbocycles. The molecule has 0 atom stereocenters. The van der Waals surface area contributed by atoms with E-state index in [2.05, 4.69) is 5.16 Å². The first kappa shape index (κ1) is 9.47. The molecule has 0 unspecified atom stereocenters. The maximum Gasteiger partial charge on any atom is 0.257 e. The van der Waals surface area contributed by atoms with Crippen LogP contribution in [0.1, 0.15) is 17.0 Å². The van der Waals surface area contributed by atoms with Crippen LogP contribution in [0.4, 0.5) is 0 Å². The fourth-order valence-electron chi connectivity index (χ4n) is 0.935. The lowest BCUT2D eigenvalue weighted by Gasteiger charge is -1.90. The van der Waals surface area contributed by atoms with Crippen LogP contribution in [0.15, 0.2) is 10.6 Å². The highest BCUT2D eigenvalue weighted by molar-refractivity contribution is 5.91. The molecule has 0 saturated carbocycles. The van der Waals surface area contributed by atoms with E-state index in [-0.39, 0.29) is 5.91 Å². The summed E-state index contributed by atoms with van der Waals surface area (Å²) in [6.45, 7) is 3.58. The molecular weight excluding hydrogens is 170 g/mol. The first-order valence-corrected chi connectivity index (χ1v) is 3.76. The molecule has 1 heterocycles. The van der Waals surface area contributed by atoms with E-state index < -0.39 is 0 Å². The molecule has 0 bridgehead atoms. The highest BCUT2D eigenvalue weighted by atomic mass is 16.5. The minimum Gasteiger partial charge on any atom is -0.361 e. The first-order valence-electron chi connectivity index (χ1n) is 3.76. The second-order valence-corrected chi connectivity index (χ2v) is 2.58. The molecule has 0 spiro atoms. The zero-order valence-corrected chi connectivity index (χ0v) is 7.50. The van der Waals surface area contributed by atoms with Gasteiger partial charge >= 0.3 is 0 Å². The van der Waals surface area contributed by atoms with E-state index in [1.807, 2.05) is 5.43 Å². The number of carbonyl (C=O) groups is 1. The molecule has 1 amide bonds. The standard InChI is InChI=1S/C8H11N3O2/c1-5-7(6(2)13-11-5)3-4-8(12)10-9/h3-4H,9H2,1-2H3,(H,10,12)/b4-3+. The fraction of sp³-hybridized carbons (Fsp3) is 0.250. The minimum absolute atomic E-state index is 0.361. The van der Waals surface area contributed by atoms with Crippen molar-refractivity contribution in [3.63, 3.8) is 0 Å². The minimum atomic E-state index is -0.361.